The summed E-state index contributed by atoms with van der Waals surface area (Å²) in [7, 11) is 0. The first-order valence-electron chi connectivity index (χ1n) is 6.60. The molecule has 1 saturated heterocycles. The first-order chi connectivity index (χ1) is 8.36. The number of nitrogens with one attached hydrogen (secondary N) is 2. The number of piperazine rings is 1. The molecule has 1 aromatic carbocycles. The molecule has 1 aromatic rings. The Morgan fingerprint density at radius 3 is 2.65 bits per heavy atom. The van der Waals surface area contributed by atoms with Crippen molar-refractivity contribution in [3.8, 4) is 0 Å². The standard InChI is InChI=1S/C14H23N3/c1-13(17-11-9-15-10-12-17)7-8-16-14-5-3-2-4-6-14/h2-6,13,15-16H,7-12H2,1H3. The quantitative estimate of drug-likeness (QED) is 0.812. The highest BCUT2D eigenvalue weighted by Gasteiger charge is 2.15. The van der Waals surface area contributed by atoms with E-state index < -0.39 is 0 Å². The summed E-state index contributed by atoms with van der Waals surface area (Å²) in [6.07, 6.45) is 1.20. The van der Waals surface area contributed by atoms with Crippen molar-refractivity contribution in [1.29, 1.82) is 0 Å². The molecule has 0 saturated carbocycles. The van der Waals surface area contributed by atoms with E-state index in [2.05, 4.69) is 52.8 Å². The van der Waals surface area contributed by atoms with Gasteiger partial charge in [-0.15, -0.1) is 0 Å². The smallest absolute Gasteiger partial charge is 0.0340 e. The number of hydrogen-bond donors (Lipinski definition) is 2. The lowest BCUT2D eigenvalue weighted by Crippen LogP contribution is -2.47. The molecule has 1 fully saturated rings. The second-order valence-corrected chi connectivity index (χ2v) is 4.72. The number of nitrogens with zero attached hydrogens (tertiary/aromatic N) is 1. The summed E-state index contributed by atoms with van der Waals surface area (Å²) in [6.45, 7) is 8.03. The van der Waals surface area contributed by atoms with Gasteiger partial charge in [-0.1, -0.05) is 18.2 Å². The van der Waals surface area contributed by atoms with Crippen molar-refractivity contribution >= 4 is 5.69 Å². The normalized spacial score (nSPS) is 18.9. The van der Waals surface area contributed by atoms with Gasteiger partial charge in [0.05, 0.1) is 0 Å². The maximum Gasteiger partial charge on any atom is 0.0340 e. The van der Waals surface area contributed by atoms with E-state index >= 15 is 0 Å². The summed E-state index contributed by atoms with van der Waals surface area (Å²) in [4.78, 5) is 2.57. The van der Waals surface area contributed by atoms with Crippen molar-refractivity contribution < 1.29 is 0 Å². The van der Waals surface area contributed by atoms with Gasteiger partial charge < -0.3 is 10.6 Å². The molecule has 1 unspecified atom stereocenters. The van der Waals surface area contributed by atoms with Gasteiger partial charge in [-0.3, -0.25) is 4.90 Å². The Morgan fingerprint density at radius 1 is 1.24 bits per heavy atom. The molecule has 0 bridgehead atoms. The molecule has 1 aliphatic rings. The fourth-order valence-corrected chi connectivity index (χ4v) is 2.29. The molecule has 0 aliphatic carbocycles. The monoisotopic (exact) mass is 233 g/mol. The molecule has 3 heteroatoms. The summed E-state index contributed by atoms with van der Waals surface area (Å²) in [6, 6.07) is 11.1. The van der Waals surface area contributed by atoms with E-state index in [1.807, 2.05) is 0 Å². The number of anilines is 1. The van der Waals surface area contributed by atoms with Crippen LogP contribution >= 0.6 is 0 Å². The van der Waals surface area contributed by atoms with Crippen LogP contribution in [-0.2, 0) is 0 Å². The largest absolute Gasteiger partial charge is 0.385 e. The Morgan fingerprint density at radius 2 is 1.94 bits per heavy atom. The molecule has 1 heterocycles. The highest BCUT2D eigenvalue weighted by Crippen LogP contribution is 2.08. The Balaban J connectivity index is 1.67. The first kappa shape index (κ1) is 12.4. The zero-order valence-electron chi connectivity index (χ0n) is 10.7. The van der Waals surface area contributed by atoms with E-state index in [4.69, 9.17) is 0 Å². The summed E-state index contributed by atoms with van der Waals surface area (Å²) in [5.74, 6) is 0. The van der Waals surface area contributed by atoms with Gasteiger partial charge in [-0.25, -0.2) is 0 Å². The van der Waals surface area contributed by atoms with E-state index in [1.165, 1.54) is 25.2 Å². The van der Waals surface area contributed by atoms with Gasteiger partial charge in [0.1, 0.15) is 0 Å². The van der Waals surface area contributed by atoms with Gasteiger partial charge in [0.15, 0.2) is 0 Å². The molecule has 0 amide bonds. The van der Waals surface area contributed by atoms with Crippen molar-refractivity contribution in [2.24, 2.45) is 0 Å². The van der Waals surface area contributed by atoms with Crippen LogP contribution in [-0.4, -0.2) is 43.7 Å². The van der Waals surface area contributed by atoms with E-state index in [0.717, 1.165) is 19.6 Å². The third kappa shape index (κ3) is 4.02. The first-order valence-corrected chi connectivity index (χ1v) is 6.60. The zero-order chi connectivity index (χ0) is 11.9. The second kappa shape index (κ2) is 6.62. The topological polar surface area (TPSA) is 27.3 Å². The third-order valence-electron chi connectivity index (χ3n) is 3.44. The fraction of sp³-hybridized carbons (Fsp3) is 0.571. The predicted octanol–water partition coefficient (Wildman–Crippen LogP) is 1.78. The molecule has 3 nitrogen and oxygen atoms in total. The van der Waals surface area contributed by atoms with Crippen LogP contribution in [0, 0.1) is 0 Å². The lowest BCUT2D eigenvalue weighted by atomic mass is 10.1. The van der Waals surface area contributed by atoms with Crippen LogP contribution in [0.25, 0.3) is 0 Å². The molecule has 1 aliphatic heterocycles. The van der Waals surface area contributed by atoms with Gasteiger partial charge in [0.25, 0.3) is 0 Å². The SMILES string of the molecule is CC(CCNc1ccccc1)N1CCNCC1. The average molecular weight is 233 g/mol. The number of rotatable bonds is 5. The van der Waals surface area contributed by atoms with Crippen molar-refractivity contribution in [2.75, 3.05) is 38.0 Å². The molecule has 0 radical (unpaired) electrons. The van der Waals surface area contributed by atoms with E-state index in [9.17, 15) is 0 Å². The number of benzene rings is 1. The molecular formula is C14H23N3. The van der Waals surface area contributed by atoms with E-state index in [1.54, 1.807) is 0 Å². The predicted molar refractivity (Wildman–Crippen MR) is 73.5 cm³/mol. The van der Waals surface area contributed by atoms with Crippen molar-refractivity contribution in [2.45, 2.75) is 19.4 Å². The van der Waals surface area contributed by atoms with Crippen LogP contribution < -0.4 is 10.6 Å². The van der Waals surface area contributed by atoms with Crippen LogP contribution in [0.1, 0.15) is 13.3 Å². The van der Waals surface area contributed by atoms with Gasteiger partial charge in [-0.05, 0) is 25.5 Å². The van der Waals surface area contributed by atoms with Crippen LogP contribution in [0.4, 0.5) is 5.69 Å². The molecule has 94 valence electrons. The molecule has 0 aromatic heterocycles. The Kier molecular flexibility index (Phi) is 4.83. The van der Waals surface area contributed by atoms with E-state index in [0.29, 0.717) is 6.04 Å². The van der Waals surface area contributed by atoms with Gasteiger partial charge in [-0.2, -0.15) is 0 Å². The Bertz CT molecular complexity index is 307. The van der Waals surface area contributed by atoms with Crippen LogP contribution in [0.2, 0.25) is 0 Å². The molecule has 0 spiro atoms. The minimum absolute atomic E-state index is 0.674. The maximum atomic E-state index is 3.47. The second-order valence-electron chi connectivity index (χ2n) is 4.72. The highest BCUT2D eigenvalue weighted by molar-refractivity contribution is 5.42. The molecule has 2 N–H and O–H groups in total. The summed E-state index contributed by atoms with van der Waals surface area (Å²) < 4.78 is 0. The minimum atomic E-state index is 0.674. The van der Waals surface area contributed by atoms with Crippen molar-refractivity contribution in [3.63, 3.8) is 0 Å². The number of hydrogen-bond acceptors (Lipinski definition) is 3. The van der Waals surface area contributed by atoms with Gasteiger partial charge in [0, 0.05) is 44.5 Å². The summed E-state index contributed by atoms with van der Waals surface area (Å²) in [5, 5.41) is 6.87. The molecular weight excluding hydrogens is 210 g/mol. The lowest BCUT2D eigenvalue weighted by molar-refractivity contribution is 0.179. The molecule has 1 atom stereocenters. The highest BCUT2D eigenvalue weighted by atomic mass is 15.2. The summed E-state index contributed by atoms with van der Waals surface area (Å²) in [5.41, 5.74) is 1.22. The Labute approximate surface area is 104 Å². The van der Waals surface area contributed by atoms with Crippen molar-refractivity contribution in [1.82, 2.24) is 10.2 Å². The average Bonchev–Trinajstić information content (AvgIpc) is 2.41. The number of para-hydroxylation sites is 1. The third-order valence-corrected chi connectivity index (χ3v) is 3.44. The summed E-state index contributed by atoms with van der Waals surface area (Å²) >= 11 is 0. The molecule has 2 rings (SSSR count). The Hall–Kier alpha value is -1.06. The minimum Gasteiger partial charge on any atom is -0.385 e. The van der Waals surface area contributed by atoms with Gasteiger partial charge >= 0.3 is 0 Å². The van der Waals surface area contributed by atoms with Crippen LogP contribution in [0.5, 0.6) is 0 Å². The lowest BCUT2D eigenvalue weighted by Gasteiger charge is -2.32. The van der Waals surface area contributed by atoms with Gasteiger partial charge in [0.2, 0.25) is 0 Å². The fourth-order valence-electron chi connectivity index (χ4n) is 2.29. The maximum absolute atomic E-state index is 3.47. The van der Waals surface area contributed by atoms with Crippen LogP contribution in [0.3, 0.4) is 0 Å². The zero-order valence-corrected chi connectivity index (χ0v) is 10.7. The molecule has 17 heavy (non-hydrogen) atoms. The van der Waals surface area contributed by atoms with E-state index in [-0.39, 0.29) is 0 Å². The van der Waals surface area contributed by atoms with Crippen molar-refractivity contribution in [3.05, 3.63) is 30.3 Å². The van der Waals surface area contributed by atoms with Crippen LogP contribution in [0.15, 0.2) is 30.3 Å².